The van der Waals surface area contributed by atoms with E-state index in [0.29, 0.717) is 6.61 Å². The van der Waals surface area contributed by atoms with Gasteiger partial charge < -0.3 is 9.40 Å². The molecule has 0 saturated carbocycles. The summed E-state index contributed by atoms with van der Waals surface area (Å²) in [5.41, 5.74) is 5.90. The van der Waals surface area contributed by atoms with Crippen molar-refractivity contribution in [2.24, 2.45) is 5.16 Å². The predicted molar refractivity (Wildman–Crippen MR) is 102 cm³/mol. The van der Waals surface area contributed by atoms with Gasteiger partial charge in [0.15, 0.2) is 0 Å². The standard InChI is InChI=1S/C20H19N5O/c1-3-26-23-15(2)16-7-8-20-19(11-16)22-14-25(20)18-6-4-5-17(12-18)24-10-9-21-13-24/h4-14H,3H2,1-2H3. The predicted octanol–water partition coefficient (Wildman–Crippen LogP) is 3.97. The molecular weight excluding hydrogens is 326 g/mol. The summed E-state index contributed by atoms with van der Waals surface area (Å²) in [4.78, 5) is 13.8. The molecule has 0 N–H and O–H groups in total. The van der Waals surface area contributed by atoms with Gasteiger partial charge in [-0.2, -0.15) is 0 Å². The van der Waals surface area contributed by atoms with E-state index >= 15 is 0 Å². The van der Waals surface area contributed by atoms with E-state index < -0.39 is 0 Å². The Hall–Kier alpha value is -3.41. The van der Waals surface area contributed by atoms with E-state index in [4.69, 9.17) is 4.84 Å². The third kappa shape index (κ3) is 2.97. The summed E-state index contributed by atoms with van der Waals surface area (Å²) >= 11 is 0. The molecule has 130 valence electrons. The Morgan fingerprint density at radius 2 is 2.00 bits per heavy atom. The molecule has 0 radical (unpaired) electrons. The zero-order valence-corrected chi connectivity index (χ0v) is 14.7. The minimum atomic E-state index is 0.557. The second-order valence-electron chi connectivity index (χ2n) is 5.90. The van der Waals surface area contributed by atoms with Gasteiger partial charge in [-0.1, -0.05) is 17.3 Å². The van der Waals surface area contributed by atoms with Crippen molar-refractivity contribution in [1.29, 1.82) is 0 Å². The van der Waals surface area contributed by atoms with Crippen LogP contribution in [0.5, 0.6) is 0 Å². The number of hydrogen-bond donors (Lipinski definition) is 0. The molecule has 0 saturated heterocycles. The molecule has 0 spiro atoms. The highest BCUT2D eigenvalue weighted by Gasteiger charge is 2.08. The molecule has 26 heavy (non-hydrogen) atoms. The maximum Gasteiger partial charge on any atom is 0.114 e. The Morgan fingerprint density at radius 1 is 1.12 bits per heavy atom. The molecule has 0 aliphatic carbocycles. The lowest BCUT2D eigenvalue weighted by molar-refractivity contribution is 0.159. The molecular formula is C20H19N5O. The normalized spacial score (nSPS) is 11.8. The number of imidazole rings is 2. The van der Waals surface area contributed by atoms with Gasteiger partial charge in [-0.25, -0.2) is 9.97 Å². The third-order valence-electron chi connectivity index (χ3n) is 4.21. The lowest BCUT2D eigenvalue weighted by Gasteiger charge is -2.08. The zero-order chi connectivity index (χ0) is 17.9. The Balaban J connectivity index is 1.73. The number of hydrogen-bond acceptors (Lipinski definition) is 4. The van der Waals surface area contributed by atoms with Crippen LogP contribution < -0.4 is 0 Å². The topological polar surface area (TPSA) is 57.2 Å². The summed E-state index contributed by atoms with van der Waals surface area (Å²) in [6, 6.07) is 14.4. The number of nitrogens with zero attached hydrogens (tertiary/aromatic N) is 5. The largest absolute Gasteiger partial charge is 0.396 e. The van der Waals surface area contributed by atoms with Crippen LogP contribution in [0.4, 0.5) is 0 Å². The minimum absolute atomic E-state index is 0.557. The monoisotopic (exact) mass is 345 g/mol. The molecule has 0 aliphatic heterocycles. The van der Waals surface area contributed by atoms with Crippen LogP contribution in [0.15, 0.2) is 72.7 Å². The lowest BCUT2D eigenvalue weighted by Crippen LogP contribution is -1.98. The lowest BCUT2D eigenvalue weighted by atomic mass is 10.1. The van der Waals surface area contributed by atoms with Crippen molar-refractivity contribution >= 4 is 16.7 Å². The second kappa shape index (κ2) is 6.84. The summed E-state index contributed by atoms with van der Waals surface area (Å²) in [5.74, 6) is 0. The molecule has 4 rings (SSSR count). The summed E-state index contributed by atoms with van der Waals surface area (Å²) < 4.78 is 4.06. The Morgan fingerprint density at radius 3 is 2.81 bits per heavy atom. The fourth-order valence-corrected chi connectivity index (χ4v) is 2.87. The summed E-state index contributed by atoms with van der Waals surface area (Å²) in [6.07, 6.45) is 7.33. The van der Waals surface area contributed by atoms with Crippen LogP contribution in [0.2, 0.25) is 0 Å². The molecule has 0 aliphatic rings. The summed E-state index contributed by atoms with van der Waals surface area (Å²) in [6.45, 7) is 4.41. The van der Waals surface area contributed by atoms with E-state index in [2.05, 4.69) is 44.0 Å². The van der Waals surface area contributed by atoms with Crippen molar-refractivity contribution in [3.63, 3.8) is 0 Å². The van der Waals surface area contributed by atoms with E-state index in [1.807, 2.05) is 49.1 Å². The van der Waals surface area contributed by atoms with Crippen LogP contribution in [0.25, 0.3) is 22.4 Å². The maximum atomic E-state index is 5.14. The first kappa shape index (κ1) is 16.1. The van der Waals surface area contributed by atoms with Gasteiger partial charge in [0.05, 0.1) is 23.1 Å². The Kier molecular flexibility index (Phi) is 4.23. The van der Waals surface area contributed by atoms with Crippen molar-refractivity contribution in [2.45, 2.75) is 13.8 Å². The van der Waals surface area contributed by atoms with Crippen molar-refractivity contribution in [2.75, 3.05) is 6.61 Å². The second-order valence-corrected chi connectivity index (χ2v) is 5.90. The Bertz CT molecular complexity index is 1060. The third-order valence-corrected chi connectivity index (χ3v) is 4.21. The van der Waals surface area contributed by atoms with Gasteiger partial charge in [0.2, 0.25) is 0 Å². The molecule has 2 aromatic heterocycles. The van der Waals surface area contributed by atoms with Gasteiger partial charge in [0.1, 0.15) is 12.9 Å². The van der Waals surface area contributed by atoms with Crippen LogP contribution in [-0.4, -0.2) is 31.4 Å². The maximum absolute atomic E-state index is 5.14. The first-order valence-corrected chi connectivity index (χ1v) is 8.49. The van der Waals surface area contributed by atoms with Gasteiger partial charge in [-0.05, 0) is 44.2 Å². The smallest absolute Gasteiger partial charge is 0.114 e. The van der Waals surface area contributed by atoms with E-state index in [1.54, 1.807) is 12.5 Å². The van der Waals surface area contributed by atoms with Gasteiger partial charge in [-0.15, -0.1) is 0 Å². The van der Waals surface area contributed by atoms with E-state index in [-0.39, 0.29) is 0 Å². The van der Waals surface area contributed by atoms with E-state index in [9.17, 15) is 0 Å². The highest BCUT2D eigenvalue weighted by Crippen LogP contribution is 2.21. The average Bonchev–Trinajstić information content (AvgIpc) is 3.35. The van der Waals surface area contributed by atoms with Gasteiger partial charge >= 0.3 is 0 Å². The van der Waals surface area contributed by atoms with Crippen LogP contribution in [0.3, 0.4) is 0 Å². The molecule has 0 atom stereocenters. The first-order chi connectivity index (χ1) is 12.8. The number of rotatable bonds is 5. The van der Waals surface area contributed by atoms with Gasteiger partial charge in [-0.3, -0.25) is 4.57 Å². The molecule has 2 aromatic carbocycles. The molecule has 0 unspecified atom stereocenters. The SMILES string of the molecule is CCON=C(C)c1ccc2c(c1)ncn2-c1cccc(-n2ccnc2)c1. The average molecular weight is 345 g/mol. The molecule has 0 amide bonds. The fourth-order valence-electron chi connectivity index (χ4n) is 2.87. The van der Waals surface area contributed by atoms with Crippen LogP contribution >= 0.6 is 0 Å². The Labute approximate surface area is 151 Å². The summed E-state index contributed by atoms with van der Waals surface area (Å²) in [5, 5.41) is 4.10. The van der Waals surface area contributed by atoms with Crippen molar-refractivity contribution in [1.82, 2.24) is 19.1 Å². The molecule has 6 nitrogen and oxygen atoms in total. The van der Waals surface area contributed by atoms with Crippen LogP contribution in [0.1, 0.15) is 19.4 Å². The number of oxime groups is 1. The summed E-state index contributed by atoms with van der Waals surface area (Å²) in [7, 11) is 0. The van der Waals surface area contributed by atoms with Crippen molar-refractivity contribution in [3.05, 3.63) is 73.1 Å². The molecule has 2 heterocycles. The van der Waals surface area contributed by atoms with E-state index in [0.717, 1.165) is 33.7 Å². The highest BCUT2D eigenvalue weighted by molar-refractivity contribution is 6.00. The van der Waals surface area contributed by atoms with Crippen molar-refractivity contribution < 1.29 is 4.84 Å². The molecule has 6 heteroatoms. The zero-order valence-electron chi connectivity index (χ0n) is 14.7. The van der Waals surface area contributed by atoms with Gasteiger partial charge in [0, 0.05) is 29.3 Å². The number of benzene rings is 2. The number of aromatic nitrogens is 4. The van der Waals surface area contributed by atoms with E-state index in [1.165, 1.54) is 0 Å². The molecule has 4 aromatic rings. The fraction of sp³-hybridized carbons (Fsp3) is 0.150. The number of fused-ring (bicyclic) bond motifs is 1. The molecule has 0 bridgehead atoms. The minimum Gasteiger partial charge on any atom is -0.396 e. The quantitative estimate of drug-likeness (QED) is 0.406. The van der Waals surface area contributed by atoms with Crippen LogP contribution in [-0.2, 0) is 4.84 Å². The van der Waals surface area contributed by atoms with Crippen LogP contribution in [0, 0.1) is 0 Å². The first-order valence-electron chi connectivity index (χ1n) is 8.49. The molecule has 0 fully saturated rings. The highest BCUT2D eigenvalue weighted by atomic mass is 16.6. The van der Waals surface area contributed by atoms with Gasteiger partial charge in [0.25, 0.3) is 0 Å². The van der Waals surface area contributed by atoms with Crippen molar-refractivity contribution in [3.8, 4) is 11.4 Å².